The predicted octanol–water partition coefficient (Wildman–Crippen LogP) is 1.75. The Hall–Kier alpha value is -1.22. The topological polar surface area (TPSA) is 55.1 Å². The van der Waals surface area contributed by atoms with E-state index in [1.807, 2.05) is 19.1 Å². The van der Waals surface area contributed by atoms with E-state index in [1.54, 1.807) is 6.07 Å². The predicted molar refractivity (Wildman–Crippen MR) is 55.1 cm³/mol. The largest absolute Gasteiger partial charge is 0.399 e. The Kier molecular flexibility index (Phi) is 2.48. The summed E-state index contributed by atoms with van der Waals surface area (Å²) in [6, 6.07) is 5.50. The van der Waals surface area contributed by atoms with Gasteiger partial charge in [-0.05, 0) is 24.6 Å². The fourth-order valence-corrected chi connectivity index (χ4v) is 1.44. The molecular weight excluding hydrogens is 188 g/mol. The molecule has 1 aliphatic rings. The Balaban J connectivity index is 0.000000845. The molecule has 1 aliphatic heterocycles. The molecule has 1 aromatic rings. The summed E-state index contributed by atoms with van der Waals surface area (Å²) in [6.45, 7) is 1.89. The van der Waals surface area contributed by atoms with E-state index in [1.165, 1.54) is 0 Å². The van der Waals surface area contributed by atoms with Gasteiger partial charge in [0.05, 0.1) is 5.92 Å². The van der Waals surface area contributed by atoms with Crippen LogP contribution in [0.15, 0.2) is 18.2 Å². The molecular formula is C9H11ClN2O. The van der Waals surface area contributed by atoms with Gasteiger partial charge in [0.2, 0.25) is 5.91 Å². The van der Waals surface area contributed by atoms with Crippen LogP contribution in [0.5, 0.6) is 0 Å². The summed E-state index contributed by atoms with van der Waals surface area (Å²) in [4.78, 5) is 11.2. The van der Waals surface area contributed by atoms with E-state index in [0.717, 1.165) is 11.3 Å². The van der Waals surface area contributed by atoms with Crippen LogP contribution in [-0.4, -0.2) is 5.91 Å². The molecule has 3 nitrogen and oxygen atoms in total. The van der Waals surface area contributed by atoms with E-state index in [9.17, 15) is 4.79 Å². The third-order valence-electron chi connectivity index (χ3n) is 2.20. The van der Waals surface area contributed by atoms with Crippen LogP contribution in [0.4, 0.5) is 11.4 Å². The molecule has 0 fully saturated rings. The second-order valence-electron chi connectivity index (χ2n) is 3.06. The van der Waals surface area contributed by atoms with Gasteiger partial charge < -0.3 is 11.1 Å². The van der Waals surface area contributed by atoms with Crippen LogP contribution in [0.2, 0.25) is 0 Å². The van der Waals surface area contributed by atoms with Crippen LogP contribution in [-0.2, 0) is 4.79 Å². The highest BCUT2D eigenvalue weighted by atomic mass is 35.5. The van der Waals surface area contributed by atoms with Gasteiger partial charge in [-0.2, -0.15) is 0 Å². The smallest absolute Gasteiger partial charge is 0.231 e. The Morgan fingerprint density at radius 3 is 2.85 bits per heavy atom. The highest BCUT2D eigenvalue weighted by Crippen LogP contribution is 2.32. The van der Waals surface area contributed by atoms with E-state index >= 15 is 0 Å². The summed E-state index contributed by atoms with van der Waals surface area (Å²) in [7, 11) is 0. The molecule has 0 radical (unpaired) electrons. The number of nitrogens with one attached hydrogen (secondary N) is 1. The van der Waals surface area contributed by atoms with Gasteiger partial charge in [-0.3, -0.25) is 4.79 Å². The van der Waals surface area contributed by atoms with Crippen LogP contribution in [0, 0.1) is 0 Å². The fraction of sp³-hybridized carbons (Fsp3) is 0.222. The number of amides is 1. The summed E-state index contributed by atoms with van der Waals surface area (Å²) >= 11 is 0. The van der Waals surface area contributed by atoms with E-state index in [-0.39, 0.29) is 24.2 Å². The third-order valence-corrected chi connectivity index (χ3v) is 2.20. The maximum Gasteiger partial charge on any atom is 0.231 e. The highest BCUT2D eigenvalue weighted by Gasteiger charge is 2.25. The van der Waals surface area contributed by atoms with Gasteiger partial charge in [-0.1, -0.05) is 6.07 Å². The van der Waals surface area contributed by atoms with Gasteiger partial charge >= 0.3 is 0 Å². The Labute approximate surface area is 82.7 Å². The van der Waals surface area contributed by atoms with Crippen molar-refractivity contribution in [3.63, 3.8) is 0 Å². The number of nitrogens with two attached hydrogens (primary N) is 1. The quantitative estimate of drug-likeness (QED) is 0.624. The number of fused-ring (bicyclic) bond motifs is 1. The SMILES string of the molecule is CC1C(=O)Nc2cc(N)ccc21.Cl. The Bertz CT molecular complexity index is 351. The molecule has 0 aromatic heterocycles. The van der Waals surface area contributed by atoms with Crippen LogP contribution in [0.3, 0.4) is 0 Å². The number of anilines is 2. The van der Waals surface area contributed by atoms with Crippen molar-refractivity contribution >= 4 is 29.7 Å². The van der Waals surface area contributed by atoms with E-state index in [2.05, 4.69) is 5.32 Å². The average Bonchev–Trinajstić information content (AvgIpc) is 2.28. The summed E-state index contributed by atoms with van der Waals surface area (Å²) in [5.41, 5.74) is 8.14. The van der Waals surface area contributed by atoms with E-state index < -0.39 is 0 Å². The lowest BCUT2D eigenvalue weighted by Crippen LogP contribution is -2.08. The maximum atomic E-state index is 11.2. The van der Waals surface area contributed by atoms with Crippen LogP contribution >= 0.6 is 12.4 Å². The standard InChI is InChI=1S/C9H10N2O.ClH/c1-5-7-3-2-6(10)4-8(7)11-9(5)12;/h2-5H,10H2,1H3,(H,11,12);1H. The van der Waals surface area contributed by atoms with Crippen molar-refractivity contribution in [1.82, 2.24) is 0 Å². The molecule has 1 aromatic carbocycles. The molecule has 1 heterocycles. The van der Waals surface area contributed by atoms with Crippen LogP contribution in [0.25, 0.3) is 0 Å². The van der Waals surface area contributed by atoms with Crippen molar-refractivity contribution < 1.29 is 4.79 Å². The van der Waals surface area contributed by atoms with Crippen molar-refractivity contribution in [2.24, 2.45) is 0 Å². The summed E-state index contributed by atoms with van der Waals surface area (Å²) in [5, 5.41) is 2.77. The molecule has 70 valence electrons. The first-order valence-electron chi connectivity index (χ1n) is 3.89. The molecule has 1 atom stereocenters. The monoisotopic (exact) mass is 198 g/mol. The van der Waals surface area contributed by atoms with E-state index in [0.29, 0.717) is 5.69 Å². The Morgan fingerprint density at radius 1 is 1.46 bits per heavy atom. The molecule has 3 N–H and O–H groups in total. The minimum atomic E-state index is -0.0411. The number of carbonyl (C=O) groups is 1. The minimum Gasteiger partial charge on any atom is -0.399 e. The lowest BCUT2D eigenvalue weighted by Gasteiger charge is -2.00. The number of benzene rings is 1. The molecule has 0 aliphatic carbocycles. The normalized spacial score (nSPS) is 18.8. The Morgan fingerprint density at radius 2 is 2.15 bits per heavy atom. The molecule has 1 amide bonds. The van der Waals surface area contributed by atoms with Crippen molar-refractivity contribution in [3.8, 4) is 0 Å². The first-order chi connectivity index (χ1) is 5.68. The van der Waals surface area contributed by atoms with Gasteiger partial charge in [0.15, 0.2) is 0 Å². The molecule has 1 unspecified atom stereocenters. The van der Waals surface area contributed by atoms with Crippen molar-refractivity contribution in [2.45, 2.75) is 12.8 Å². The minimum absolute atomic E-state index is 0. The van der Waals surface area contributed by atoms with Crippen molar-refractivity contribution in [2.75, 3.05) is 11.1 Å². The number of nitrogen functional groups attached to an aromatic ring is 1. The lowest BCUT2D eigenvalue weighted by molar-refractivity contribution is -0.116. The number of halogens is 1. The fourth-order valence-electron chi connectivity index (χ4n) is 1.44. The number of hydrogen-bond donors (Lipinski definition) is 2. The van der Waals surface area contributed by atoms with Gasteiger partial charge in [0.1, 0.15) is 0 Å². The zero-order valence-corrected chi connectivity index (χ0v) is 8.02. The van der Waals surface area contributed by atoms with Crippen LogP contribution < -0.4 is 11.1 Å². The second-order valence-corrected chi connectivity index (χ2v) is 3.06. The molecule has 2 rings (SSSR count). The summed E-state index contributed by atoms with van der Waals surface area (Å²) in [6.07, 6.45) is 0. The van der Waals surface area contributed by atoms with Crippen LogP contribution in [0.1, 0.15) is 18.4 Å². The first kappa shape index (κ1) is 9.86. The van der Waals surface area contributed by atoms with Gasteiger partial charge in [-0.25, -0.2) is 0 Å². The first-order valence-corrected chi connectivity index (χ1v) is 3.89. The van der Waals surface area contributed by atoms with E-state index in [4.69, 9.17) is 5.73 Å². The second kappa shape index (κ2) is 3.26. The molecule has 0 saturated carbocycles. The number of hydrogen-bond acceptors (Lipinski definition) is 2. The van der Waals surface area contributed by atoms with Gasteiger partial charge in [0.25, 0.3) is 0 Å². The number of rotatable bonds is 0. The number of carbonyl (C=O) groups excluding carboxylic acids is 1. The molecule has 0 saturated heterocycles. The molecule has 0 spiro atoms. The lowest BCUT2D eigenvalue weighted by atomic mass is 10.0. The van der Waals surface area contributed by atoms with Gasteiger partial charge in [-0.15, -0.1) is 12.4 Å². The molecule has 4 heteroatoms. The van der Waals surface area contributed by atoms with Crippen molar-refractivity contribution in [1.29, 1.82) is 0 Å². The zero-order valence-electron chi connectivity index (χ0n) is 7.20. The summed E-state index contributed by atoms with van der Waals surface area (Å²) in [5.74, 6) is 0.0104. The zero-order chi connectivity index (χ0) is 8.72. The van der Waals surface area contributed by atoms with Gasteiger partial charge in [0, 0.05) is 11.4 Å². The highest BCUT2D eigenvalue weighted by molar-refractivity contribution is 6.03. The average molecular weight is 199 g/mol. The molecule has 13 heavy (non-hydrogen) atoms. The van der Waals surface area contributed by atoms with Crippen molar-refractivity contribution in [3.05, 3.63) is 23.8 Å². The maximum absolute atomic E-state index is 11.2. The third kappa shape index (κ3) is 1.47. The molecule has 0 bridgehead atoms. The summed E-state index contributed by atoms with van der Waals surface area (Å²) < 4.78 is 0.